The van der Waals surface area contributed by atoms with Crippen molar-refractivity contribution in [2.75, 3.05) is 0 Å². The summed E-state index contributed by atoms with van der Waals surface area (Å²) in [6.07, 6.45) is -2.11. The van der Waals surface area contributed by atoms with Crippen LogP contribution in [0.1, 0.15) is 28.4 Å². The molecule has 0 saturated heterocycles. The zero-order chi connectivity index (χ0) is 10.3. The van der Waals surface area contributed by atoms with E-state index in [1.807, 2.05) is 0 Å². The van der Waals surface area contributed by atoms with Crippen LogP contribution in [0.5, 0.6) is 5.75 Å². The van der Waals surface area contributed by atoms with Gasteiger partial charge in [0.2, 0.25) is 0 Å². The Balaban J connectivity index is 2.62. The van der Waals surface area contributed by atoms with Gasteiger partial charge in [0, 0.05) is 6.42 Å². The van der Waals surface area contributed by atoms with Crippen LogP contribution in [0.25, 0.3) is 0 Å². The fraction of sp³-hybridized carbons (Fsp3) is 0.300. The first kappa shape index (κ1) is 9.18. The first-order valence-electron chi connectivity index (χ1n) is 4.33. The number of phenolic OH excluding ortho intramolecular Hbond substituents is 1. The van der Waals surface area contributed by atoms with Crippen molar-refractivity contribution in [3.63, 3.8) is 0 Å². The van der Waals surface area contributed by atoms with Crippen LogP contribution >= 0.6 is 0 Å². The number of carbonyl (C=O) groups is 1. The van der Waals surface area contributed by atoms with Gasteiger partial charge in [-0.3, -0.25) is 4.79 Å². The molecular weight excluding hydrogens is 184 g/mol. The maximum absolute atomic E-state index is 11.5. The quantitative estimate of drug-likeness (QED) is 0.557. The van der Waals surface area contributed by atoms with E-state index in [0.29, 0.717) is 5.56 Å². The number of carbonyl (C=O) groups excluding carboxylic acids is 1. The lowest BCUT2D eigenvalue weighted by molar-refractivity contribution is 0.0480. The number of phenols is 1. The van der Waals surface area contributed by atoms with E-state index in [1.165, 1.54) is 6.07 Å². The minimum absolute atomic E-state index is 0.00468. The summed E-state index contributed by atoms with van der Waals surface area (Å²) in [7, 11) is 0. The molecule has 14 heavy (non-hydrogen) atoms. The number of ketones is 1. The van der Waals surface area contributed by atoms with Gasteiger partial charge >= 0.3 is 0 Å². The minimum Gasteiger partial charge on any atom is -0.507 e. The van der Waals surface area contributed by atoms with Crippen LogP contribution in [-0.2, 0) is 0 Å². The van der Waals surface area contributed by atoms with Crippen molar-refractivity contribution in [3.8, 4) is 5.75 Å². The zero-order valence-corrected chi connectivity index (χ0v) is 7.34. The second kappa shape index (κ2) is 3.08. The fourth-order valence-electron chi connectivity index (χ4n) is 1.72. The van der Waals surface area contributed by atoms with Gasteiger partial charge in [-0.15, -0.1) is 0 Å². The maximum atomic E-state index is 11.5. The number of hydrogen-bond acceptors (Lipinski definition) is 4. The number of aliphatic hydroxyl groups is 2. The van der Waals surface area contributed by atoms with Crippen LogP contribution < -0.4 is 0 Å². The SMILES string of the molecule is O=C1c2c(O)cccc2C(O)CC1O. The smallest absolute Gasteiger partial charge is 0.195 e. The number of aromatic hydroxyl groups is 1. The van der Waals surface area contributed by atoms with E-state index in [-0.39, 0.29) is 17.7 Å². The highest BCUT2D eigenvalue weighted by Gasteiger charge is 2.33. The van der Waals surface area contributed by atoms with Crippen molar-refractivity contribution in [2.45, 2.75) is 18.6 Å². The summed E-state index contributed by atoms with van der Waals surface area (Å²) >= 11 is 0. The van der Waals surface area contributed by atoms with Gasteiger partial charge in [-0.1, -0.05) is 12.1 Å². The standard InChI is InChI=1S/C10H10O4/c11-6-3-1-2-5-7(12)4-8(13)10(14)9(5)6/h1-3,7-8,11-13H,4H2. The van der Waals surface area contributed by atoms with E-state index in [0.717, 1.165) is 0 Å². The van der Waals surface area contributed by atoms with Gasteiger partial charge in [-0.05, 0) is 11.6 Å². The molecule has 2 atom stereocenters. The van der Waals surface area contributed by atoms with Crippen LogP contribution in [0.4, 0.5) is 0 Å². The number of fused-ring (bicyclic) bond motifs is 1. The van der Waals surface area contributed by atoms with Crippen molar-refractivity contribution in [2.24, 2.45) is 0 Å². The molecule has 0 fully saturated rings. The van der Waals surface area contributed by atoms with E-state index in [9.17, 15) is 20.1 Å². The van der Waals surface area contributed by atoms with E-state index in [4.69, 9.17) is 0 Å². The van der Waals surface area contributed by atoms with Crippen molar-refractivity contribution in [3.05, 3.63) is 29.3 Å². The predicted molar refractivity (Wildman–Crippen MR) is 48.0 cm³/mol. The van der Waals surface area contributed by atoms with Gasteiger partial charge in [-0.2, -0.15) is 0 Å². The highest BCUT2D eigenvalue weighted by molar-refractivity contribution is 6.04. The Morgan fingerprint density at radius 2 is 1.93 bits per heavy atom. The minimum atomic E-state index is -1.22. The molecule has 0 radical (unpaired) electrons. The molecule has 3 N–H and O–H groups in total. The molecule has 1 aromatic rings. The third-order valence-corrected chi connectivity index (χ3v) is 2.43. The highest BCUT2D eigenvalue weighted by Crippen LogP contribution is 2.34. The molecule has 0 bridgehead atoms. The van der Waals surface area contributed by atoms with E-state index in [1.54, 1.807) is 12.1 Å². The van der Waals surface area contributed by atoms with Gasteiger partial charge in [0.1, 0.15) is 11.9 Å². The maximum Gasteiger partial charge on any atom is 0.195 e. The molecule has 2 rings (SSSR count). The molecule has 0 amide bonds. The summed E-state index contributed by atoms with van der Waals surface area (Å²) in [6.45, 7) is 0. The van der Waals surface area contributed by atoms with E-state index < -0.39 is 18.0 Å². The van der Waals surface area contributed by atoms with E-state index in [2.05, 4.69) is 0 Å². The molecule has 2 unspecified atom stereocenters. The summed E-state index contributed by atoms with van der Waals surface area (Å²) in [4.78, 5) is 11.5. The van der Waals surface area contributed by atoms with Crippen molar-refractivity contribution in [1.29, 1.82) is 0 Å². The van der Waals surface area contributed by atoms with E-state index >= 15 is 0 Å². The van der Waals surface area contributed by atoms with Gasteiger partial charge in [0.05, 0.1) is 11.7 Å². The predicted octanol–water partition coefficient (Wildman–Crippen LogP) is 0.373. The van der Waals surface area contributed by atoms with Gasteiger partial charge in [-0.25, -0.2) is 0 Å². The molecule has 0 aromatic heterocycles. The number of hydrogen-bond donors (Lipinski definition) is 3. The Morgan fingerprint density at radius 1 is 1.21 bits per heavy atom. The molecule has 4 heteroatoms. The summed E-state index contributed by atoms with van der Waals surface area (Å²) in [5, 5.41) is 28.3. The van der Waals surface area contributed by atoms with Crippen molar-refractivity contribution < 1.29 is 20.1 Å². The molecule has 0 spiro atoms. The van der Waals surface area contributed by atoms with Crippen LogP contribution in [0, 0.1) is 0 Å². The molecule has 74 valence electrons. The summed E-state index contributed by atoms with van der Waals surface area (Å²) in [6, 6.07) is 4.49. The molecule has 1 aliphatic carbocycles. The average Bonchev–Trinajstić information content (AvgIpc) is 2.14. The Labute approximate surface area is 80.4 Å². The lowest BCUT2D eigenvalue weighted by atomic mass is 9.86. The topological polar surface area (TPSA) is 77.8 Å². The highest BCUT2D eigenvalue weighted by atomic mass is 16.3. The number of aliphatic hydroxyl groups excluding tert-OH is 2. The molecular formula is C10H10O4. The monoisotopic (exact) mass is 194 g/mol. The first-order chi connectivity index (χ1) is 6.61. The summed E-state index contributed by atoms with van der Waals surface area (Å²) in [5.41, 5.74) is 0.430. The van der Waals surface area contributed by atoms with Crippen molar-refractivity contribution >= 4 is 5.78 Å². The van der Waals surface area contributed by atoms with Gasteiger partial charge in [0.15, 0.2) is 5.78 Å². The average molecular weight is 194 g/mol. The molecule has 4 nitrogen and oxygen atoms in total. The normalized spacial score (nSPS) is 26.0. The van der Waals surface area contributed by atoms with Crippen molar-refractivity contribution in [1.82, 2.24) is 0 Å². The van der Waals surface area contributed by atoms with Crippen LogP contribution in [0.2, 0.25) is 0 Å². The van der Waals surface area contributed by atoms with Crippen LogP contribution in [0.15, 0.2) is 18.2 Å². The third-order valence-electron chi connectivity index (χ3n) is 2.43. The van der Waals surface area contributed by atoms with Crippen LogP contribution in [-0.4, -0.2) is 27.2 Å². The lowest BCUT2D eigenvalue weighted by Gasteiger charge is -2.24. The first-order valence-corrected chi connectivity index (χ1v) is 4.33. The summed E-state index contributed by atoms with van der Waals surface area (Å²) < 4.78 is 0. The molecule has 0 aliphatic heterocycles. The third kappa shape index (κ3) is 1.20. The second-order valence-electron chi connectivity index (χ2n) is 3.37. The Kier molecular flexibility index (Phi) is 2.02. The molecule has 1 aliphatic rings. The number of Topliss-reactive ketones (excluding diaryl/α,β-unsaturated/α-hetero) is 1. The molecule has 0 saturated carbocycles. The Morgan fingerprint density at radius 3 is 2.64 bits per heavy atom. The Bertz CT molecular complexity index is 386. The molecule has 1 aromatic carbocycles. The largest absolute Gasteiger partial charge is 0.507 e. The fourth-order valence-corrected chi connectivity index (χ4v) is 1.72. The van der Waals surface area contributed by atoms with Gasteiger partial charge in [0.25, 0.3) is 0 Å². The zero-order valence-electron chi connectivity index (χ0n) is 7.34. The number of rotatable bonds is 0. The van der Waals surface area contributed by atoms with Crippen LogP contribution in [0.3, 0.4) is 0 Å². The molecule has 0 heterocycles. The second-order valence-corrected chi connectivity index (χ2v) is 3.37. The number of benzene rings is 1. The van der Waals surface area contributed by atoms with Gasteiger partial charge < -0.3 is 15.3 Å². The Hall–Kier alpha value is -1.39. The lowest BCUT2D eigenvalue weighted by Crippen LogP contribution is -2.29. The summed E-state index contributed by atoms with van der Waals surface area (Å²) in [5.74, 6) is -0.714.